The lowest BCUT2D eigenvalue weighted by Gasteiger charge is -2.26. The van der Waals surface area contributed by atoms with Crippen LogP contribution in [-0.4, -0.2) is 19.3 Å². The molecule has 100 valence electrons. The fraction of sp³-hybridized carbons (Fsp3) is 0.600. The largest absolute Gasteiger partial charge is 0.491 e. The first-order valence-corrected chi connectivity index (χ1v) is 7.53. The summed E-state index contributed by atoms with van der Waals surface area (Å²) in [4.78, 5) is 0. The average Bonchev–Trinajstić information content (AvgIpc) is 2.37. The Morgan fingerprint density at radius 2 is 1.94 bits per heavy atom. The van der Waals surface area contributed by atoms with Gasteiger partial charge in [0, 0.05) is 4.47 Å². The second-order valence-corrected chi connectivity index (χ2v) is 5.98. The van der Waals surface area contributed by atoms with E-state index in [9.17, 15) is 0 Å². The van der Waals surface area contributed by atoms with Crippen LogP contribution in [0.1, 0.15) is 32.6 Å². The summed E-state index contributed by atoms with van der Waals surface area (Å²) >= 11 is 3.40. The van der Waals surface area contributed by atoms with Crippen molar-refractivity contribution in [3.63, 3.8) is 0 Å². The van der Waals surface area contributed by atoms with E-state index in [4.69, 9.17) is 9.47 Å². The molecule has 2 atom stereocenters. The number of hydrogen-bond donors (Lipinski definition) is 0. The fourth-order valence-corrected chi connectivity index (χ4v) is 2.70. The SMILES string of the molecule is CC1CCCC(OCCOc2ccc(Br)cc2)C1. The molecule has 0 aliphatic heterocycles. The van der Waals surface area contributed by atoms with Gasteiger partial charge in [0.25, 0.3) is 0 Å². The van der Waals surface area contributed by atoms with Crippen molar-refractivity contribution in [3.05, 3.63) is 28.7 Å². The van der Waals surface area contributed by atoms with Crippen molar-refractivity contribution < 1.29 is 9.47 Å². The zero-order chi connectivity index (χ0) is 12.8. The molecule has 0 aromatic heterocycles. The molecule has 1 saturated carbocycles. The second kappa shape index (κ2) is 7.15. The maximum absolute atomic E-state index is 5.86. The first-order valence-electron chi connectivity index (χ1n) is 6.74. The molecule has 1 aromatic carbocycles. The molecule has 2 nitrogen and oxygen atoms in total. The second-order valence-electron chi connectivity index (χ2n) is 5.07. The number of halogens is 1. The Labute approximate surface area is 118 Å². The summed E-state index contributed by atoms with van der Waals surface area (Å²) in [5.41, 5.74) is 0. The van der Waals surface area contributed by atoms with Crippen LogP contribution >= 0.6 is 15.9 Å². The third kappa shape index (κ3) is 4.62. The Bertz CT molecular complexity index is 350. The van der Waals surface area contributed by atoms with Crippen LogP contribution < -0.4 is 4.74 Å². The molecule has 0 amide bonds. The van der Waals surface area contributed by atoms with E-state index < -0.39 is 0 Å². The van der Waals surface area contributed by atoms with Gasteiger partial charge in [-0.25, -0.2) is 0 Å². The van der Waals surface area contributed by atoms with E-state index in [0.717, 1.165) is 16.1 Å². The lowest BCUT2D eigenvalue weighted by molar-refractivity contribution is 0.00196. The van der Waals surface area contributed by atoms with Gasteiger partial charge in [-0.05, 0) is 43.0 Å². The van der Waals surface area contributed by atoms with Crippen molar-refractivity contribution >= 4 is 15.9 Å². The number of ether oxygens (including phenoxy) is 2. The molecule has 1 aliphatic carbocycles. The van der Waals surface area contributed by atoms with Crippen molar-refractivity contribution in [1.29, 1.82) is 0 Å². The molecule has 0 spiro atoms. The molecule has 0 N–H and O–H groups in total. The van der Waals surface area contributed by atoms with Crippen LogP contribution in [0.2, 0.25) is 0 Å². The monoisotopic (exact) mass is 312 g/mol. The van der Waals surface area contributed by atoms with E-state index in [0.29, 0.717) is 19.3 Å². The Hall–Kier alpha value is -0.540. The molecule has 3 heteroatoms. The number of hydrogen-bond acceptors (Lipinski definition) is 2. The molecular weight excluding hydrogens is 292 g/mol. The summed E-state index contributed by atoms with van der Waals surface area (Å²) in [5.74, 6) is 1.72. The quantitative estimate of drug-likeness (QED) is 0.749. The minimum Gasteiger partial charge on any atom is -0.491 e. The lowest BCUT2D eigenvalue weighted by atomic mass is 9.89. The van der Waals surface area contributed by atoms with Gasteiger partial charge in [-0.2, -0.15) is 0 Å². The molecule has 2 unspecified atom stereocenters. The molecule has 0 bridgehead atoms. The molecule has 0 saturated heterocycles. The van der Waals surface area contributed by atoms with Gasteiger partial charge < -0.3 is 9.47 Å². The minimum atomic E-state index is 0.447. The van der Waals surface area contributed by atoms with Crippen LogP contribution in [0.5, 0.6) is 5.75 Å². The fourth-order valence-electron chi connectivity index (χ4n) is 2.43. The van der Waals surface area contributed by atoms with Gasteiger partial charge in [0.1, 0.15) is 12.4 Å². The van der Waals surface area contributed by atoms with Crippen molar-refractivity contribution in [3.8, 4) is 5.75 Å². The van der Waals surface area contributed by atoms with Crippen LogP contribution in [0.15, 0.2) is 28.7 Å². The normalized spacial score (nSPS) is 23.9. The van der Waals surface area contributed by atoms with Crippen molar-refractivity contribution in [1.82, 2.24) is 0 Å². The topological polar surface area (TPSA) is 18.5 Å². The third-order valence-electron chi connectivity index (χ3n) is 3.41. The van der Waals surface area contributed by atoms with Crippen LogP contribution in [0.4, 0.5) is 0 Å². The van der Waals surface area contributed by atoms with Crippen molar-refractivity contribution in [2.24, 2.45) is 5.92 Å². The highest BCUT2D eigenvalue weighted by Gasteiger charge is 2.18. The zero-order valence-electron chi connectivity index (χ0n) is 10.9. The summed E-state index contributed by atoms with van der Waals surface area (Å²) in [6, 6.07) is 7.90. The zero-order valence-corrected chi connectivity index (χ0v) is 12.5. The maximum Gasteiger partial charge on any atom is 0.119 e. The molecule has 0 heterocycles. The highest BCUT2D eigenvalue weighted by Crippen LogP contribution is 2.25. The average molecular weight is 313 g/mol. The van der Waals surface area contributed by atoms with E-state index in [1.165, 1.54) is 25.7 Å². The summed E-state index contributed by atoms with van der Waals surface area (Å²) < 4.78 is 12.6. The van der Waals surface area contributed by atoms with E-state index in [2.05, 4.69) is 22.9 Å². The number of benzene rings is 1. The Balaban J connectivity index is 1.62. The van der Waals surface area contributed by atoms with Crippen LogP contribution in [0.3, 0.4) is 0 Å². The molecule has 1 aromatic rings. The number of rotatable bonds is 5. The Morgan fingerprint density at radius 1 is 1.17 bits per heavy atom. The van der Waals surface area contributed by atoms with Gasteiger partial charge in [-0.1, -0.05) is 35.7 Å². The Morgan fingerprint density at radius 3 is 2.67 bits per heavy atom. The van der Waals surface area contributed by atoms with Gasteiger partial charge in [0.2, 0.25) is 0 Å². The minimum absolute atomic E-state index is 0.447. The van der Waals surface area contributed by atoms with Gasteiger partial charge in [0.15, 0.2) is 0 Å². The maximum atomic E-state index is 5.86. The van der Waals surface area contributed by atoms with Crippen LogP contribution in [0, 0.1) is 5.92 Å². The lowest BCUT2D eigenvalue weighted by Crippen LogP contribution is -2.23. The van der Waals surface area contributed by atoms with Crippen molar-refractivity contribution in [2.75, 3.05) is 13.2 Å². The van der Waals surface area contributed by atoms with E-state index >= 15 is 0 Å². The standard InChI is InChI=1S/C15H21BrO2/c1-12-3-2-4-15(11-12)18-10-9-17-14-7-5-13(16)6-8-14/h5-8,12,15H,2-4,9-11H2,1H3. The molecule has 1 fully saturated rings. The van der Waals surface area contributed by atoms with Gasteiger partial charge >= 0.3 is 0 Å². The summed E-state index contributed by atoms with van der Waals surface area (Å²) in [6.45, 7) is 3.63. The first kappa shape index (κ1) is 13.9. The third-order valence-corrected chi connectivity index (χ3v) is 3.94. The van der Waals surface area contributed by atoms with Gasteiger partial charge in [-0.3, -0.25) is 0 Å². The predicted octanol–water partition coefficient (Wildman–Crippen LogP) is 4.42. The summed E-state index contributed by atoms with van der Waals surface area (Å²) in [7, 11) is 0. The van der Waals surface area contributed by atoms with E-state index in [1.54, 1.807) is 0 Å². The Kier molecular flexibility index (Phi) is 5.51. The van der Waals surface area contributed by atoms with E-state index in [1.807, 2.05) is 24.3 Å². The van der Waals surface area contributed by atoms with Gasteiger partial charge in [0.05, 0.1) is 12.7 Å². The highest BCUT2D eigenvalue weighted by atomic mass is 79.9. The molecule has 2 rings (SSSR count). The summed E-state index contributed by atoms with van der Waals surface area (Å²) in [6.07, 6.45) is 5.53. The van der Waals surface area contributed by atoms with Crippen LogP contribution in [-0.2, 0) is 4.74 Å². The highest BCUT2D eigenvalue weighted by molar-refractivity contribution is 9.10. The van der Waals surface area contributed by atoms with Gasteiger partial charge in [-0.15, -0.1) is 0 Å². The predicted molar refractivity (Wildman–Crippen MR) is 77.0 cm³/mol. The molecule has 18 heavy (non-hydrogen) atoms. The first-order chi connectivity index (χ1) is 8.74. The summed E-state index contributed by atoms with van der Waals surface area (Å²) in [5, 5.41) is 0. The molecular formula is C15H21BrO2. The van der Waals surface area contributed by atoms with Crippen molar-refractivity contribution in [2.45, 2.75) is 38.7 Å². The van der Waals surface area contributed by atoms with Crippen LogP contribution in [0.25, 0.3) is 0 Å². The smallest absolute Gasteiger partial charge is 0.119 e. The van der Waals surface area contributed by atoms with E-state index in [-0.39, 0.29) is 0 Å². The molecule has 0 radical (unpaired) electrons. The molecule has 1 aliphatic rings.